The Bertz CT molecular complexity index is 881. The van der Waals surface area contributed by atoms with Gasteiger partial charge in [0.15, 0.2) is 11.5 Å². The van der Waals surface area contributed by atoms with Crippen molar-refractivity contribution in [3.05, 3.63) is 35.2 Å². The topological polar surface area (TPSA) is 54.0 Å². The lowest BCUT2D eigenvalue weighted by Gasteiger charge is -2.27. The van der Waals surface area contributed by atoms with E-state index in [9.17, 15) is 4.79 Å². The molecule has 2 atom stereocenters. The zero-order valence-electron chi connectivity index (χ0n) is 20.0. The molecule has 1 aliphatic heterocycles. The minimum absolute atomic E-state index is 0.0111. The van der Waals surface area contributed by atoms with Crippen LogP contribution < -0.4 is 14.8 Å². The fourth-order valence-electron chi connectivity index (χ4n) is 4.36. The number of methoxy groups -OCH3 is 1. The van der Waals surface area contributed by atoms with Crippen LogP contribution in [0.5, 0.6) is 11.5 Å². The Balaban J connectivity index is 1.66. The third-order valence-electron chi connectivity index (χ3n) is 6.32. The number of benzene rings is 1. The van der Waals surface area contributed by atoms with E-state index in [0.29, 0.717) is 18.5 Å². The molecule has 0 bridgehead atoms. The van der Waals surface area contributed by atoms with Crippen molar-refractivity contribution in [1.29, 1.82) is 0 Å². The molecule has 1 aromatic heterocycles. The molecule has 0 aliphatic carbocycles. The lowest BCUT2D eigenvalue weighted by Crippen LogP contribution is -2.39. The van der Waals surface area contributed by atoms with E-state index in [1.165, 1.54) is 24.2 Å². The summed E-state index contributed by atoms with van der Waals surface area (Å²) in [6, 6.07) is 10.4. The average Bonchev–Trinajstić information content (AvgIpc) is 3.48. The molecule has 176 valence electrons. The van der Waals surface area contributed by atoms with E-state index >= 15 is 0 Å². The number of nitrogens with one attached hydrogen (secondary N) is 1. The Morgan fingerprint density at radius 2 is 2.00 bits per heavy atom. The summed E-state index contributed by atoms with van der Waals surface area (Å²) in [5.41, 5.74) is 1.01. The summed E-state index contributed by atoms with van der Waals surface area (Å²) in [5, 5.41) is 3.09. The molecule has 1 saturated heterocycles. The van der Waals surface area contributed by atoms with Crippen molar-refractivity contribution in [2.24, 2.45) is 0 Å². The Morgan fingerprint density at radius 1 is 1.22 bits per heavy atom. The number of rotatable bonds is 11. The number of amides is 1. The van der Waals surface area contributed by atoms with Crippen LogP contribution in [-0.4, -0.2) is 61.4 Å². The first-order valence-electron chi connectivity index (χ1n) is 11.7. The molecule has 1 aromatic carbocycles. The Labute approximate surface area is 196 Å². The number of likely N-dealkylation sites (tertiary alicyclic amines) is 1. The van der Waals surface area contributed by atoms with Gasteiger partial charge in [0, 0.05) is 17.5 Å². The van der Waals surface area contributed by atoms with Crippen LogP contribution in [0.2, 0.25) is 0 Å². The Kier molecular flexibility index (Phi) is 8.96. The first-order chi connectivity index (χ1) is 15.5. The molecule has 32 heavy (non-hydrogen) atoms. The number of carbonyl (C=O) groups excluding carboxylic acids is 1. The maximum atomic E-state index is 12.7. The lowest BCUT2D eigenvalue weighted by atomic mass is 10.1. The molecule has 1 amide bonds. The van der Waals surface area contributed by atoms with Gasteiger partial charge in [0.05, 0.1) is 18.7 Å². The van der Waals surface area contributed by atoms with E-state index in [-0.39, 0.29) is 12.1 Å². The quantitative estimate of drug-likeness (QED) is 0.477. The highest BCUT2D eigenvalue weighted by Crippen LogP contribution is 2.36. The normalized spacial score (nSPS) is 17.5. The van der Waals surface area contributed by atoms with Gasteiger partial charge in [-0.25, -0.2) is 0 Å². The Morgan fingerprint density at radius 3 is 2.69 bits per heavy atom. The van der Waals surface area contributed by atoms with Gasteiger partial charge in [0.1, 0.15) is 6.23 Å². The molecule has 0 spiro atoms. The molecule has 1 N–H and O–H groups in total. The van der Waals surface area contributed by atoms with Gasteiger partial charge in [0.25, 0.3) is 5.91 Å². The SMILES string of the molecule is CC[C@H]1CCCN1CNC(=O)c1ccc(-c2ccc(OC(C)N(CC)CC)c(OC)c2)s1. The van der Waals surface area contributed by atoms with Gasteiger partial charge in [-0.15, -0.1) is 11.3 Å². The summed E-state index contributed by atoms with van der Waals surface area (Å²) in [6.07, 6.45) is 3.54. The van der Waals surface area contributed by atoms with E-state index in [1.807, 2.05) is 30.3 Å². The van der Waals surface area contributed by atoms with Gasteiger partial charge >= 0.3 is 0 Å². The maximum absolute atomic E-state index is 12.7. The minimum Gasteiger partial charge on any atom is -0.493 e. The van der Waals surface area contributed by atoms with Crippen molar-refractivity contribution >= 4 is 17.2 Å². The van der Waals surface area contributed by atoms with Crippen LogP contribution in [0.25, 0.3) is 10.4 Å². The second-order valence-corrected chi connectivity index (χ2v) is 9.23. The van der Waals surface area contributed by atoms with E-state index < -0.39 is 0 Å². The van der Waals surface area contributed by atoms with Gasteiger partial charge in [-0.1, -0.05) is 20.8 Å². The molecule has 1 aliphatic rings. The third kappa shape index (κ3) is 5.82. The highest BCUT2D eigenvalue weighted by Gasteiger charge is 2.23. The summed E-state index contributed by atoms with van der Waals surface area (Å²) in [7, 11) is 1.66. The van der Waals surface area contributed by atoms with Gasteiger partial charge < -0.3 is 14.8 Å². The lowest BCUT2D eigenvalue weighted by molar-refractivity contribution is 0.0458. The van der Waals surface area contributed by atoms with E-state index in [2.05, 4.69) is 42.8 Å². The van der Waals surface area contributed by atoms with E-state index in [0.717, 1.165) is 47.1 Å². The smallest absolute Gasteiger partial charge is 0.262 e. The molecule has 0 saturated carbocycles. The van der Waals surface area contributed by atoms with Crippen LogP contribution in [-0.2, 0) is 0 Å². The first kappa shape index (κ1) is 24.6. The van der Waals surface area contributed by atoms with Gasteiger partial charge in [-0.2, -0.15) is 0 Å². The van der Waals surface area contributed by atoms with Crippen LogP contribution in [0.1, 0.15) is 56.6 Å². The van der Waals surface area contributed by atoms with Crippen molar-refractivity contribution in [3.8, 4) is 21.9 Å². The molecular formula is C25H37N3O3S. The molecule has 7 heteroatoms. The van der Waals surface area contributed by atoms with Gasteiger partial charge in [0.2, 0.25) is 0 Å². The first-order valence-corrected chi connectivity index (χ1v) is 12.5. The van der Waals surface area contributed by atoms with E-state index in [1.54, 1.807) is 7.11 Å². The summed E-state index contributed by atoms with van der Waals surface area (Å²) in [5.74, 6) is 1.41. The van der Waals surface area contributed by atoms with Crippen molar-refractivity contribution < 1.29 is 14.3 Å². The molecule has 2 heterocycles. The summed E-state index contributed by atoms with van der Waals surface area (Å²) in [4.78, 5) is 19.0. The predicted octanol–water partition coefficient (Wildman–Crippen LogP) is 5.05. The highest BCUT2D eigenvalue weighted by molar-refractivity contribution is 7.17. The molecule has 3 rings (SSSR count). The number of carbonyl (C=O) groups is 1. The highest BCUT2D eigenvalue weighted by atomic mass is 32.1. The van der Waals surface area contributed by atoms with Gasteiger partial charge in [-0.3, -0.25) is 14.6 Å². The van der Waals surface area contributed by atoms with Crippen LogP contribution in [0.3, 0.4) is 0 Å². The number of thiophene rings is 1. The van der Waals surface area contributed by atoms with Gasteiger partial charge in [-0.05, 0) is 75.2 Å². The fraction of sp³-hybridized carbons (Fsp3) is 0.560. The minimum atomic E-state index is -0.0373. The average molecular weight is 460 g/mol. The number of ether oxygens (including phenoxy) is 2. The zero-order chi connectivity index (χ0) is 23.1. The van der Waals surface area contributed by atoms with Crippen LogP contribution in [0.15, 0.2) is 30.3 Å². The second-order valence-electron chi connectivity index (χ2n) is 8.15. The monoisotopic (exact) mass is 459 g/mol. The standard InChI is InChI=1S/C25H37N3O3S/c1-6-20-10-9-15-28(20)17-26-25(29)24-14-13-23(32-24)19-11-12-21(22(16-19)30-5)31-18(4)27(7-2)8-3/h11-14,16,18,20H,6-10,15,17H2,1-5H3,(H,26,29)/t18?,20-/m0/s1. The van der Waals surface area contributed by atoms with Crippen molar-refractivity contribution in [3.63, 3.8) is 0 Å². The largest absolute Gasteiger partial charge is 0.493 e. The fourth-order valence-corrected chi connectivity index (χ4v) is 5.27. The zero-order valence-corrected chi connectivity index (χ0v) is 20.8. The second kappa shape index (κ2) is 11.7. The third-order valence-corrected chi connectivity index (χ3v) is 7.45. The number of nitrogens with zero attached hydrogens (tertiary/aromatic N) is 2. The predicted molar refractivity (Wildman–Crippen MR) is 132 cm³/mol. The van der Waals surface area contributed by atoms with Crippen LogP contribution in [0.4, 0.5) is 0 Å². The van der Waals surface area contributed by atoms with Crippen molar-refractivity contribution in [2.75, 3.05) is 33.4 Å². The molecule has 1 fully saturated rings. The molecule has 1 unspecified atom stereocenters. The molecule has 2 aromatic rings. The van der Waals surface area contributed by atoms with Crippen molar-refractivity contribution in [1.82, 2.24) is 15.1 Å². The van der Waals surface area contributed by atoms with E-state index in [4.69, 9.17) is 9.47 Å². The number of hydrogen-bond acceptors (Lipinski definition) is 6. The van der Waals surface area contributed by atoms with Crippen LogP contribution >= 0.6 is 11.3 Å². The Hall–Kier alpha value is -2.09. The van der Waals surface area contributed by atoms with Crippen molar-refractivity contribution in [2.45, 2.75) is 59.2 Å². The number of hydrogen-bond donors (Lipinski definition) is 1. The summed E-state index contributed by atoms with van der Waals surface area (Å²) in [6.45, 7) is 12.1. The molecule has 6 nitrogen and oxygen atoms in total. The summed E-state index contributed by atoms with van der Waals surface area (Å²) < 4.78 is 11.8. The molecular weight excluding hydrogens is 422 g/mol. The maximum Gasteiger partial charge on any atom is 0.262 e. The molecule has 0 radical (unpaired) electrons. The van der Waals surface area contributed by atoms with Crippen LogP contribution in [0, 0.1) is 0 Å². The summed E-state index contributed by atoms with van der Waals surface area (Å²) >= 11 is 1.50.